The molecular formula is C25H31N3O3S. The monoisotopic (exact) mass is 453 g/mol. The molecule has 7 heteroatoms. The average molecular weight is 454 g/mol. The topological polar surface area (TPSA) is 108 Å². The number of nitriles is 1. The second-order valence-corrected chi connectivity index (χ2v) is 11.0. The number of rotatable bonds is 6. The van der Waals surface area contributed by atoms with E-state index < -0.39 is 5.97 Å². The Morgan fingerprint density at radius 1 is 1.34 bits per heavy atom. The fraction of sp³-hybridized carbons (Fsp3) is 0.520. The number of benzene rings is 1. The zero-order valence-corrected chi connectivity index (χ0v) is 19.6. The van der Waals surface area contributed by atoms with E-state index in [1.165, 1.54) is 4.88 Å². The van der Waals surface area contributed by atoms with Gasteiger partial charge in [0.2, 0.25) is 0 Å². The molecule has 0 bridgehead atoms. The molecule has 6 nitrogen and oxygen atoms in total. The summed E-state index contributed by atoms with van der Waals surface area (Å²) in [4.78, 5) is 19.2. The number of carboxylic acid groups (broad SMARTS) is 1. The number of hydrogen-bond donors (Lipinski definition) is 3. The molecule has 2 aliphatic rings. The van der Waals surface area contributed by atoms with Gasteiger partial charge in [-0.15, -0.1) is 11.3 Å². The highest BCUT2D eigenvalue weighted by Crippen LogP contribution is 2.47. The van der Waals surface area contributed by atoms with Crippen molar-refractivity contribution in [3.63, 3.8) is 0 Å². The van der Waals surface area contributed by atoms with Crippen molar-refractivity contribution in [2.45, 2.75) is 64.8 Å². The van der Waals surface area contributed by atoms with E-state index >= 15 is 0 Å². The van der Waals surface area contributed by atoms with Crippen LogP contribution in [0.25, 0.3) is 10.4 Å². The van der Waals surface area contributed by atoms with Gasteiger partial charge in [0.25, 0.3) is 0 Å². The number of thiophene rings is 1. The molecule has 0 aliphatic heterocycles. The number of fused-ring (bicyclic) bond motifs is 1. The number of hydrogen-bond acceptors (Lipinski definition) is 6. The third kappa shape index (κ3) is 4.68. The largest absolute Gasteiger partial charge is 0.478 e. The van der Waals surface area contributed by atoms with Gasteiger partial charge in [-0.1, -0.05) is 13.8 Å². The van der Waals surface area contributed by atoms with Crippen LogP contribution in [0.4, 0.5) is 5.69 Å². The lowest BCUT2D eigenvalue weighted by Gasteiger charge is -2.30. The first-order valence-electron chi connectivity index (χ1n) is 11.3. The summed E-state index contributed by atoms with van der Waals surface area (Å²) in [5.74, 6) is 4.84. The van der Waals surface area contributed by atoms with E-state index in [0.717, 1.165) is 66.6 Å². The molecule has 1 aromatic heterocycles. The van der Waals surface area contributed by atoms with Crippen molar-refractivity contribution in [3.05, 3.63) is 39.8 Å². The van der Waals surface area contributed by atoms with Gasteiger partial charge in [-0.3, -0.25) is 0 Å². The minimum atomic E-state index is -0.884. The number of anilines is 1. The Morgan fingerprint density at radius 3 is 2.75 bits per heavy atom. The van der Waals surface area contributed by atoms with Crippen LogP contribution in [0.3, 0.4) is 0 Å². The molecule has 0 atom stereocenters. The van der Waals surface area contributed by atoms with E-state index in [9.17, 15) is 15.2 Å². The predicted molar refractivity (Wildman–Crippen MR) is 127 cm³/mol. The summed E-state index contributed by atoms with van der Waals surface area (Å²) < 4.78 is 0. The lowest BCUT2D eigenvalue weighted by atomic mass is 9.76. The van der Waals surface area contributed by atoms with Crippen LogP contribution < -0.4 is 11.2 Å². The maximum Gasteiger partial charge on any atom is 0.337 e. The minimum absolute atomic E-state index is 0.0943. The molecule has 4 N–H and O–H groups in total. The fourth-order valence-corrected chi connectivity index (χ4v) is 6.43. The van der Waals surface area contributed by atoms with E-state index in [0.29, 0.717) is 29.7 Å². The highest BCUT2D eigenvalue weighted by atomic mass is 32.1. The SMILES string of the molecule is CC1(C)CCc2sc(-c3cc(C#N)ccc3N[C@H]3CC[C@H](CON)CC3)c(C(=O)O)c2C1. The molecule has 0 radical (unpaired) electrons. The molecule has 0 amide bonds. The summed E-state index contributed by atoms with van der Waals surface area (Å²) in [5.41, 5.74) is 3.76. The molecule has 170 valence electrons. The highest BCUT2D eigenvalue weighted by molar-refractivity contribution is 7.16. The Labute approximate surface area is 193 Å². The van der Waals surface area contributed by atoms with Crippen molar-refractivity contribution < 1.29 is 14.7 Å². The summed E-state index contributed by atoms with van der Waals surface area (Å²) in [6.07, 6.45) is 6.84. The maximum absolute atomic E-state index is 12.4. The van der Waals surface area contributed by atoms with E-state index in [1.807, 2.05) is 12.1 Å². The average Bonchev–Trinajstić information content (AvgIpc) is 3.13. The van der Waals surface area contributed by atoms with Crippen LogP contribution in [-0.2, 0) is 17.7 Å². The third-order valence-corrected chi connectivity index (χ3v) is 8.25. The van der Waals surface area contributed by atoms with Crippen molar-refractivity contribution in [2.75, 3.05) is 11.9 Å². The number of aromatic carboxylic acids is 1. The standard InChI is InChI=1S/C25H31N3O3S/c1-25(2)10-9-21-19(12-25)22(24(29)30)23(32-21)18-11-16(13-26)5-8-20(18)28-17-6-3-15(4-7-17)14-31-27/h5,8,11,15,17,28H,3-4,6-7,9-10,12,14,27H2,1-2H3,(H,29,30)/t15-,17-. The Morgan fingerprint density at radius 2 is 2.09 bits per heavy atom. The lowest BCUT2D eigenvalue weighted by Crippen LogP contribution is -2.28. The first-order chi connectivity index (χ1) is 15.3. The van der Waals surface area contributed by atoms with Gasteiger partial charge in [0, 0.05) is 22.2 Å². The van der Waals surface area contributed by atoms with Crippen LogP contribution >= 0.6 is 11.3 Å². The second kappa shape index (κ2) is 9.22. The van der Waals surface area contributed by atoms with Crippen LogP contribution in [0.5, 0.6) is 0 Å². The Hall–Kier alpha value is -2.40. The van der Waals surface area contributed by atoms with E-state index in [2.05, 4.69) is 25.2 Å². The molecular weight excluding hydrogens is 422 g/mol. The first-order valence-corrected chi connectivity index (χ1v) is 12.1. The van der Waals surface area contributed by atoms with Gasteiger partial charge in [-0.2, -0.15) is 5.26 Å². The van der Waals surface area contributed by atoms with Crippen molar-refractivity contribution in [1.82, 2.24) is 0 Å². The van der Waals surface area contributed by atoms with Crippen molar-refractivity contribution in [1.29, 1.82) is 5.26 Å². The Kier molecular flexibility index (Phi) is 6.57. The van der Waals surface area contributed by atoms with Crippen LogP contribution in [0.15, 0.2) is 18.2 Å². The summed E-state index contributed by atoms with van der Waals surface area (Å²) in [7, 11) is 0. The van der Waals surface area contributed by atoms with Crippen molar-refractivity contribution >= 4 is 23.0 Å². The molecule has 1 heterocycles. The van der Waals surface area contributed by atoms with Crippen LogP contribution in [-0.4, -0.2) is 23.7 Å². The van der Waals surface area contributed by atoms with Gasteiger partial charge in [-0.05, 0) is 80.0 Å². The number of aryl methyl sites for hydroxylation is 1. The van der Waals surface area contributed by atoms with Gasteiger partial charge in [0.05, 0.1) is 28.7 Å². The summed E-state index contributed by atoms with van der Waals surface area (Å²) in [6, 6.07) is 8.09. The number of nitrogens with zero attached hydrogens (tertiary/aromatic N) is 1. The van der Waals surface area contributed by atoms with Crippen LogP contribution in [0.1, 0.15) is 72.3 Å². The molecule has 0 spiro atoms. The molecule has 0 saturated heterocycles. The molecule has 0 unspecified atom stereocenters. The Balaban J connectivity index is 1.70. The molecule has 1 aromatic carbocycles. The van der Waals surface area contributed by atoms with E-state index in [-0.39, 0.29) is 5.41 Å². The van der Waals surface area contributed by atoms with Crippen LogP contribution in [0.2, 0.25) is 0 Å². The molecule has 1 saturated carbocycles. The zero-order chi connectivity index (χ0) is 22.9. The molecule has 1 fully saturated rings. The van der Waals surface area contributed by atoms with E-state index in [4.69, 9.17) is 10.7 Å². The molecule has 2 aliphatic carbocycles. The second-order valence-electron chi connectivity index (χ2n) is 9.92. The van der Waals surface area contributed by atoms with E-state index in [1.54, 1.807) is 17.4 Å². The van der Waals surface area contributed by atoms with Gasteiger partial charge in [0.15, 0.2) is 0 Å². The van der Waals surface area contributed by atoms with Gasteiger partial charge >= 0.3 is 5.97 Å². The zero-order valence-electron chi connectivity index (χ0n) is 18.7. The maximum atomic E-state index is 12.4. The fourth-order valence-electron chi connectivity index (χ4n) is 5.09. The number of carboxylic acids is 1. The van der Waals surface area contributed by atoms with Crippen molar-refractivity contribution in [2.24, 2.45) is 17.2 Å². The predicted octanol–water partition coefficient (Wildman–Crippen LogP) is 5.36. The normalized spacial score (nSPS) is 22.1. The van der Waals surface area contributed by atoms with Gasteiger partial charge in [0.1, 0.15) is 0 Å². The number of nitrogens with two attached hydrogens (primary N) is 1. The summed E-state index contributed by atoms with van der Waals surface area (Å²) >= 11 is 1.59. The van der Waals surface area contributed by atoms with Crippen LogP contribution in [0, 0.1) is 22.7 Å². The van der Waals surface area contributed by atoms with Crippen molar-refractivity contribution in [3.8, 4) is 16.5 Å². The number of carbonyl (C=O) groups is 1. The summed E-state index contributed by atoms with van der Waals surface area (Å²) in [5, 5.41) is 23.3. The molecule has 4 rings (SSSR count). The Bertz CT molecular complexity index is 1050. The smallest absolute Gasteiger partial charge is 0.337 e. The first kappa shape index (κ1) is 22.8. The highest BCUT2D eigenvalue weighted by Gasteiger charge is 2.33. The summed E-state index contributed by atoms with van der Waals surface area (Å²) in [6.45, 7) is 5.00. The van der Waals surface area contributed by atoms with Gasteiger partial charge in [-0.25, -0.2) is 10.7 Å². The lowest BCUT2D eigenvalue weighted by molar-refractivity contribution is 0.0696. The number of nitrogens with one attached hydrogen (secondary N) is 1. The molecule has 32 heavy (non-hydrogen) atoms. The minimum Gasteiger partial charge on any atom is -0.478 e. The quantitative estimate of drug-likeness (QED) is 0.508. The molecule has 2 aromatic rings. The van der Waals surface area contributed by atoms with Gasteiger partial charge < -0.3 is 15.3 Å². The third-order valence-electron chi connectivity index (χ3n) is 6.92.